The van der Waals surface area contributed by atoms with Crippen LogP contribution in [0.5, 0.6) is 5.75 Å². The van der Waals surface area contributed by atoms with Crippen LogP contribution in [0.25, 0.3) is 0 Å². The number of likely N-dealkylation sites (N-methyl/N-ethyl adjacent to an activating group) is 1. The zero-order valence-corrected chi connectivity index (χ0v) is 16.7. The summed E-state index contributed by atoms with van der Waals surface area (Å²) in [4.78, 5) is 2.05. The van der Waals surface area contributed by atoms with Crippen LogP contribution in [0.1, 0.15) is 23.7 Å². The molecule has 0 aromatic heterocycles. The van der Waals surface area contributed by atoms with Gasteiger partial charge in [-0.2, -0.15) is 0 Å². The number of aliphatic hydroxyl groups is 1. The molecule has 3 N–H and O–H groups in total. The van der Waals surface area contributed by atoms with Gasteiger partial charge < -0.3 is 20.5 Å². The Morgan fingerprint density at radius 1 is 1.28 bits per heavy atom. The van der Waals surface area contributed by atoms with Gasteiger partial charge in [0.15, 0.2) is 0 Å². The quantitative estimate of drug-likeness (QED) is 0.469. The van der Waals surface area contributed by atoms with Gasteiger partial charge in [-0.25, -0.2) is 4.39 Å². The number of nitrogens with zero attached hydrogens (tertiary/aromatic N) is 1. The molecule has 1 unspecified atom stereocenters. The van der Waals surface area contributed by atoms with E-state index in [9.17, 15) is 9.50 Å². The van der Waals surface area contributed by atoms with Gasteiger partial charge in [-0.05, 0) is 84.4 Å². The van der Waals surface area contributed by atoms with Gasteiger partial charge in [0.1, 0.15) is 11.6 Å². The van der Waals surface area contributed by atoms with E-state index in [1.807, 2.05) is 41.8 Å². The van der Waals surface area contributed by atoms with E-state index in [1.54, 1.807) is 13.2 Å². The van der Waals surface area contributed by atoms with Crippen molar-refractivity contribution < 1.29 is 14.2 Å². The molecule has 0 aliphatic rings. The van der Waals surface area contributed by atoms with Crippen molar-refractivity contribution in [1.82, 2.24) is 4.90 Å². The van der Waals surface area contributed by atoms with Gasteiger partial charge in [-0.3, -0.25) is 0 Å². The van der Waals surface area contributed by atoms with Crippen LogP contribution in [0.2, 0.25) is 0 Å². The van der Waals surface area contributed by atoms with Gasteiger partial charge in [0.25, 0.3) is 0 Å². The summed E-state index contributed by atoms with van der Waals surface area (Å²) < 4.78 is 19.5. The molecule has 0 amide bonds. The number of benzene rings is 2. The van der Waals surface area contributed by atoms with Gasteiger partial charge in [0, 0.05) is 10.1 Å². The summed E-state index contributed by atoms with van der Waals surface area (Å²) in [6, 6.07) is 11.1. The van der Waals surface area contributed by atoms with E-state index in [0.717, 1.165) is 25.1 Å². The summed E-state index contributed by atoms with van der Waals surface area (Å²) in [6.07, 6.45) is 1.19. The van der Waals surface area contributed by atoms with Crippen LogP contribution in [-0.2, 0) is 6.42 Å². The minimum atomic E-state index is -0.741. The molecule has 0 saturated carbocycles. The number of nitrogens with two attached hydrogens (primary N) is 1. The average Bonchev–Trinajstić information content (AvgIpc) is 2.59. The van der Waals surface area contributed by atoms with Crippen molar-refractivity contribution in [3.63, 3.8) is 0 Å². The van der Waals surface area contributed by atoms with Crippen molar-refractivity contribution in [1.29, 1.82) is 0 Å². The topological polar surface area (TPSA) is 58.7 Å². The summed E-state index contributed by atoms with van der Waals surface area (Å²) in [7, 11) is 3.61. The molecule has 1 atom stereocenters. The molecule has 6 heteroatoms. The number of aliphatic hydroxyl groups excluding tert-OH is 1. The zero-order valence-electron chi connectivity index (χ0n) is 14.5. The predicted octanol–water partition coefficient (Wildman–Crippen LogP) is 3.62. The first-order chi connectivity index (χ1) is 11.9. The third kappa shape index (κ3) is 5.83. The molecule has 0 saturated heterocycles. The highest BCUT2D eigenvalue weighted by molar-refractivity contribution is 14.1. The second-order valence-electron chi connectivity index (χ2n) is 6.13. The van der Waals surface area contributed by atoms with Gasteiger partial charge in [0.05, 0.1) is 18.9 Å². The second kappa shape index (κ2) is 9.35. The van der Waals surface area contributed by atoms with E-state index in [1.165, 1.54) is 11.6 Å². The third-order valence-corrected chi connectivity index (χ3v) is 5.03. The Morgan fingerprint density at radius 2 is 1.96 bits per heavy atom. The first-order valence-corrected chi connectivity index (χ1v) is 9.22. The van der Waals surface area contributed by atoms with Crippen LogP contribution in [0.3, 0.4) is 0 Å². The van der Waals surface area contributed by atoms with E-state index < -0.39 is 11.9 Å². The Labute approximate surface area is 161 Å². The molecule has 0 spiro atoms. The minimum absolute atomic E-state index is 0.129. The maximum Gasteiger partial charge on any atom is 0.147 e. The van der Waals surface area contributed by atoms with Crippen molar-refractivity contribution in [3.8, 4) is 5.75 Å². The number of aryl methyl sites for hydroxylation is 1. The van der Waals surface area contributed by atoms with Crippen molar-refractivity contribution in [2.75, 3.05) is 33.0 Å². The first-order valence-electron chi connectivity index (χ1n) is 8.14. The minimum Gasteiger partial charge on any atom is -0.497 e. The van der Waals surface area contributed by atoms with E-state index in [0.29, 0.717) is 15.7 Å². The number of anilines is 1. The van der Waals surface area contributed by atoms with E-state index >= 15 is 0 Å². The largest absolute Gasteiger partial charge is 0.497 e. The highest BCUT2D eigenvalue weighted by atomic mass is 127. The van der Waals surface area contributed by atoms with Gasteiger partial charge in [-0.15, -0.1) is 0 Å². The monoisotopic (exact) mass is 458 g/mol. The molecule has 0 radical (unpaired) electrons. The fourth-order valence-electron chi connectivity index (χ4n) is 2.63. The number of nitrogen functional groups attached to an aromatic ring is 1. The highest BCUT2D eigenvalue weighted by Crippen LogP contribution is 2.24. The zero-order chi connectivity index (χ0) is 18.4. The van der Waals surface area contributed by atoms with E-state index in [4.69, 9.17) is 10.5 Å². The fourth-order valence-corrected chi connectivity index (χ4v) is 3.25. The molecular weight excluding hydrogens is 434 g/mol. The number of ether oxygens (including phenoxy) is 1. The SMILES string of the molecule is COc1ccc(CCCN(C)CC(O)c2cc(F)c(N)c(I)c2)cc1. The summed E-state index contributed by atoms with van der Waals surface area (Å²) in [6.45, 7) is 1.29. The molecule has 25 heavy (non-hydrogen) atoms. The number of rotatable bonds is 8. The molecule has 2 aromatic carbocycles. The van der Waals surface area contributed by atoms with Gasteiger partial charge >= 0.3 is 0 Å². The van der Waals surface area contributed by atoms with Crippen LogP contribution >= 0.6 is 22.6 Å². The third-order valence-electron chi connectivity index (χ3n) is 4.14. The van der Waals surface area contributed by atoms with E-state index in [2.05, 4.69) is 17.0 Å². The van der Waals surface area contributed by atoms with Crippen molar-refractivity contribution in [3.05, 3.63) is 56.9 Å². The van der Waals surface area contributed by atoms with E-state index in [-0.39, 0.29) is 5.69 Å². The molecule has 0 aliphatic carbocycles. The predicted molar refractivity (Wildman–Crippen MR) is 107 cm³/mol. The summed E-state index contributed by atoms with van der Waals surface area (Å²) in [5, 5.41) is 10.3. The lowest BCUT2D eigenvalue weighted by Crippen LogP contribution is -2.26. The van der Waals surface area contributed by atoms with Crippen LogP contribution in [0, 0.1) is 9.39 Å². The van der Waals surface area contributed by atoms with Crippen LogP contribution in [-0.4, -0.2) is 37.3 Å². The fraction of sp³-hybridized carbons (Fsp3) is 0.368. The standard InChI is InChI=1S/C19H24FIN2O2/c1-23(9-3-4-13-5-7-15(25-2)8-6-13)12-18(24)14-10-16(20)19(22)17(21)11-14/h5-8,10-11,18,24H,3-4,9,12,22H2,1-2H3. The lowest BCUT2D eigenvalue weighted by molar-refractivity contribution is 0.126. The van der Waals surface area contributed by atoms with Crippen LogP contribution in [0.4, 0.5) is 10.1 Å². The van der Waals surface area contributed by atoms with Crippen molar-refractivity contribution in [2.45, 2.75) is 18.9 Å². The Morgan fingerprint density at radius 3 is 2.56 bits per heavy atom. The average molecular weight is 458 g/mol. The van der Waals surface area contributed by atoms with Gasteiger partial charge in [-0.1, -0.05) is 12.1 Å². The molecule has 136 valence electrons. The molecular formula is C19H24FIN2O2. The Hall–Kier alpha value is -1.38. The lowest BCUT2D eigenvalue weighted by Gasteiger charge is -2.21. The smallest absolute Gasteiger partial charge is 0.147 e. The number of hydrogen-bond donors (Lipinski definition) is 2. The lowest BCUT2D eigenvalue weighted by atomic mass is 10.1. The normalized spacial score (nSPS) is 12.4. The second-order valence-corrected chi connectivity index (χ2v) is 7.29. The Kier molecular flexibility index (Phi) is 7.46. The van der Waals surface area contributed by atoms with Crippen molar-refractivity contribution in [2.24, 2.45) is 0 Å². The maximum absolute atomic E-state index is 13.7. The Balaban J connectivity index is 1.82. The maximum atomic E-state index is 13.7. The van der Waals surface area contributed by atoms with Crippen LogP contribution < -0.4 is 10.5 Å². The molecule has 0 fully saturated rings. The van der Waals surface area contributed by atoms with Crippen LogP contribution in [0.15, 0.2) is 36.4 Å². The van der Waals surface area contributed by atoms with Gasteiger partial charge in [0.2, 0.25) is 0 Å². The summed E-state index contributed by atoms with van der Waals surface area (Å²) in [5.74, 6) is 0.373. The number of methoxy groups -OCH3 is 1. The Bertz CT molecular complexity index is 671. The molecule has 0 heterocycles. The first kappa shape index (κ1) is 19.9. The molecule has 2 rings (SSSR count). The summed E-state index contributed by atoms with van der Waals surface area (Å²) >= 11 is 1.98. The van der Waals surface area contributed by atoms with Crippen molar-refractivity contribution >= 4 is 28.3 Å². The molecule has 0 aliphatic heterocycles. The highest BCUT2D eigenvalue weighted by Gasteiger charge is 2.14. The molecule has 4 nitrogen and oxygen atoms in total. The molecule has 0 bridgehead atoms. The molecule has 2 aromatic rings. The number of halogens is 2. The number of hydrogen-bond acceptors (Lipinski definition) is 4. The summed E-state index contributed by atoms with van der Waals surface area (Å²) in [5.41, 5.74) is 7.55.